The summed E-state index contributed by atoms with van der Waals surface area (Å²) in [6, 6.07) is 19.7. The van der Waals surface area contributed by atoms with Gasteiger partial charge in [0.15, 0.2) is 0 Å². The monoisotopic (exact) mass is 747 g/mol. The minimum Gasteiger partial charge on any atom is -0.478 e. The minimum atomic E-state index is -1.05. The zero-order valence-electron chi connectivity index (χ0n) is 25.4. The first-order chi connectivity index (χ1) is 22.5. The minimum absolute atomic E-state index is 0.125. The van der Waals surface area contributed by atoms with E-state index < -0.39 is 24.1 Å². The van der Waals surface area contributed by atoms with Crippen LogP contribution in [0.15, 0.2) is 84.0 Å². The zero-order chi connectivity index (χ0) is 34.1. The number of amides is 2. The van der Waals surface area contributed by atoms with E-state index in [2.05, 4.69) is 39.3 Å². The average Bonchev–Trinajstić information content (AvgIpc) is 3.04. The Morgan fingerprint density at radius 3 is 1.68 bits per heavy atom. The maximum Gasteiger partial charge on any atom is 0.412 e. The molecule has 0 aliphatic carbocycles. The molecule has 0 atom stereocenters. The molecular weight excluding hydrogens is 717 g/mol. The van der Waals surface area contributed by atoms with Gasteiger partial charge in [0.2, 0.25) is 0 Å². The van der Waals surface area contributed by atoms with Crippen LogP contribution in [0, 0.1) is 14.9 Å². The SMILES string of the molecule is C/C(=C\CCNC(=O)Oc1ccc2cc(I)ccc2c1-c1c(OC(=O)NCC/C=C(\C)C(=O)O)ccc2cc(C#N)ccc12)C(=O)O. The summed E-state index contributed by atoms with van der Waals surface area (Å²) in [7, 11) is 0. The van der Waals surface area contributed by atoms with Crippen LogP contribution in [-0.2, 0) is 9.59 Å². The highest BCUT2D eigenvalue weighted by molar-refractivity contribution is 14.1. The lowest BCUT2D eigenvalue weighted by molar-refractivity contribution is -0.133. The molecule has 0 bridgehead atoms. The van der Waals surface area contributed by atoms with Crippen LogP contribution in [-0.4, -0.2) is 47.4 Å². The van der Waals surface area contributed by atoms with Gasteiger partial charge in [-0.05, 0) is 107 Å². The van der Waals surface area contributed by atoms with Crippen molar-refractivity contribution in [2.75, 3.05) is 13.1 Å². The van der Waals surface area contributed by atoms with Crippen LogP contribution in [0.5, 0.6) is 11.5 Å². The second kappa shape index (κ2) is 15.7. The number of carbonyl (C=O) groups is 4. The van der Waals surface area contributed by atoms with Crippen LogP contribution >= 0.6 is 22.6 Å². The molecule has 12 heteroatoms. The predicted molar refractivity (Wildman–Crippen MR) is 184 cm³/mol. The topological polar surface area (TPSA) is 175 Å². The summed E-state index contributed by atoms with van der Waals surface area (Å²) in [5.74, 6) is -1.76. The molecule has 4 N–H and O–H groups in total. The molecule has 0 saturated carbocycles. The molecule has 0 aromatic heterocycles. The number of ether oxygens (including phenoxy) is 2. The fourth-order valence-electron chi connectivity index (χ4n) is 4.72. The number of carboxylic acids is 2. The van der Waals surface area contributed by atoms with Gasteiger partial charge in [0, 0.05) is 38.9 Å². The highest BCUT2D eigenvalue weighted by Gasteiger charge is 2.22. The highest BCUT2D eigenvalue weighted by atomic mass is 127. The summed E-state index contributed by atoms with van der Waals surface area (Å²) in [5, 5.41) is 35.7. The number of hydrogen-bond donors (Lipinski definition) is 4. The fourth-order valence-corrected chi connectivity index (χ4v) is 5.23. The van der Waals surface area contributed by atoms with Crippen molar-refractivity contribution in [1.82, 2.24) is 10.6 Å². The number of rotatable bonds is 11. The standard InChI is InChI=1S/C35H30IN3O8/c1-20(32(40)41)5-3-15-38-34(44)46-28-13-8-23-17-22(19-37)7-11-26(23)30(28)31-27-12-10-25(36)18-24(27)9-14-29(31)47-35(45)39-16-4-6-21(2)33(42)43/h5-14,17-18H,3-4,15-16H2,1-2H3,(H,38,44)(H,39,45)(H,40,41)(H,42,43)/b20-5+,21-6+. The lowest BCUT2D eigenvalue weighted by Gasteiger charge is -2.19. The van der Waals surface area contributed by atoms with Gasteiger partial charge in [0.1, 0.15) is 11.5 Å². The van der Waals surface area contributed by atoms with Gasteiger partial charge in [-0.3, -0.25) is 0 Å². The van der Waals surface area contributed by atoms with Gasteiger partial charge in [0.25, 0.3) is 0 Å². The summed E-state index contributed by atoms with van der Waals surface area (Å²) in [5.41, 5.74) is 1.65. The predicted octanol–water partition coefficient (Wildman–Crippen LogP) is 7.16. The van der Waals surface area contributed by atoms with Gasteiger partial charge in [0.05, 0.1) is 11.6 Å². The molecular formula is C35H30IN3O8. The molecule has 0 radical (unpaired) electrons. The second-order valence-corrected chi connectivity index (χ2v) is 11.6. The van der Waals surface area contributed by atoms with E-state index in [0.29, 0.717) is 32.8 Å². The summed E-state index contributed by atoms with van der Waals surface area (Å²) in [6.45, 7) is 3.18. The number of halogens is 1. The van der Waals surface area contributed by atoms with Gasteiger partial charge >= 0.3 is 24.1 Å². The molecule has 0 spiro atoms. The van der Waals surface area contributed by atoms with E-state index in [4.69, 9.17) is 19.7 Å². The Hall–Kier alpha value is -5.42. The van der Waals surface area contributed by atoms with Crippen LogP contribution < -0.4 is 20.1 Å². The van der Waals surface area contributed by atoms with E-state index in [1.54, 1.807) is 42.5 Å². The van der Waals surface area contributed by atoms with Crippen molar-refractivity contribution in [1.29, 1.82) is 5.26 Å². The van der Waals surface area contributed by atoms with Crippen LogP contribution in [0.1, 0.15) is 32.3 Å². The van der Waals surface area contributed by atoms with E-state index in [1.165, 1.54) is 26.0 Å². The summed E-state index contributed by atoms with van der Waals surface area (Å²) in [4.78, 5) is 48.0. The summed E-state index contributed by atoms with van der Waals surface area (Å²) in [6.07, 6.45) is 1.99. The molecule has 0 saturated heterocycles. The summed E-state index contributed by atoms with van der Waals surface area (Å²) >= 11 is 2.20. The molecule has 0 heterocycles. The van der Waals surface area contributed by atoms with Crippen LogP contribution in [0.4, 0.5) is 9.59 Å². The Morgan fingerprint density at radius 2 is 1.21 bits per heavy atom. The molecule has 0 fully saturated rings. The third kappa shape index (κ3) is 8.86. The maximum atomic E-state index is 13.0. The smallest absolute Gasteiger partial charge is 0.412 e. The molecule has 4 rings (SSSR count). The van der Waals surface area contributed by atoms with Gasteiger partial charge in [-0.15, -0.1) is 0 Å². The molecule has 2 amide bonds. The van der Waals surface area contributed by atoms with E-state index in [0.717, 1.165) is 8.96 Å². The van der Waals surface area contributed by atoms with Crippen molar-refractivity contribution < 1.29 is 38.9 Å². The Bertz CT molecular complexity index is 1990. The quantitative estimate of drug-likeness (QED) is 0.0705. The van der Waals surface area contributed by atoms with Crippen LogP contribution in [0.25, 0.3) is 32.7 Å². The van der Waals surface area contributed by atoms with Crippen LogP contribution in [0.3, 0.4) is 0 Å². The first-order valence-corrected chi connectivity index (χ1v) is 15.5. The van der Waals surface area contributed by atoms with Gasteiger partial charge in [-0.2, -0.15) is 5.26 Å². The van der Waals surface area contributed by atoms with E-state index >= 15 is 0 Å². The lowest BCUT2D eigenvalue weighted by atomic mass is 9.91. The van der Waals surface area contributed by atoms with Crippen LogP contribution in [0.2, 0.25) is 0 Å². The fraction of sp³-hybridized carbons (Fsp3) is 0.171. The van der Waals surface area contributed by atoms with Crippen molar-refractivity contribution in [2.45, 2.75) is 26.7 Å². The molecule has 4 aromatic rings. The Kier molecular flexibility index (Phi) is 11.5. The molecule has 240 valence electrons. The van der Waals surface area contributed by atoms with Gasteiger partial charge in [-0.1, -0.05) is 36.4 Å². The van der Waals surface area contributed by atoms with Gasteiger partial charge < -0.3 is 30.3 Å². The van der Waals surface area contributed by atoms with Crippen molar-refractivity contribution in [3.8, 4) is 28.7 Å². The number of nitrogens with one attached hydrogen (secondary N) is 2. The lowest BCUT2D eigenvalue weighted by Crippen LogP contribution is -2.28. The Balaban J connectivity index is 1.78. The first-order valence-electron chi connectivity index (χ1n) is 14.4. The van der Waals surface area contributed by atoms with Crippen molar-refractivity contribution >= 4 is 68.3 Å². The number of benzene rings is 4. The zero-order valence-corrected chi connectivity index (χ0v) is 27.6. The van der Waals surface area contributed by atoms with Crippen molar-refractivity contribution in [2.24, 2.45) is 0 Å². The van der Waals surface area contributed by atoms with Crippen molar-refractivity contribution in [3.63, 3.8) is 0 Å². The number of aliphatic carboxylic acids is 2. The molecule has 0 aliphatic heterocycles. The summed E-state index contributed by atoms with van der Waals surface area (Å²) < 4.78 is 12.6. The maximum absolute atomic E-state index is 13.0. The van der Waals surface area contributed by atoms with E-state index in [9.17, 15) is 24.4 Å². The molecule has 4 aromatic carbocycles. The highest BCUT2D eigenvalue weighted by Crippen LogP contribution is 2.46. The second-order valence-electron chi connectivity index (χ2n) is 10.4. The third-order valence-electron chi connectivity index (χ3n) is 7.11. The van der Waals surface area contributed by atoms with Crippen molar-refractivity contribution in [3.05, 3.63) is 93.1 Å². The Labute approximate surface area is 283 Å². The molecule has 11 nitrogen and oxygen atoms in total. The molecule has 47 heavy (non-hydrogen) atoms. The molecule has 0 aliphatic rings. The number of carbonyl (C=O) groups excluding carboxylic acids is 2. The number of hydrogen-bond acceptors (Lipinski definition) is 7. The largest absolute Gasteiger partial charge is 0.478 e. The van der Waals surface area contributed by atoms with E-state index in [-0.39, 0.29) is 48.6 Å². The number of nitriles is 1. The number of nitrogens with zero attached hydrogens (tertiary/aromatic N) is 1. The number of carboxylic acid groups (broad SMARTS) is 2. The van der Waals surface area contributed by atoms with E-state index in [1.807, 2.05) is 18.2 Å². The first kappa shape index (κ1) is 34.5. The average molecular weight is 748 g/mol. The van der Waals surface area contributed by atoms with Gasteiger partial charge in [-0.25, -0.2) is 19.2 Å². The molecule has 0 unspecified atom stereocenters. The normalized spacial score (nSPS) is 11.5. The Morgan fingerprint density at radius 1 is 0.745 bits per heavy atom. The number of fused-ring (bicyclic) bond motifs is 2. The third-order valence-corrected chi connectivity index (χ3v) is 7.78.